The topological polar surface area (TPSA) is 80.4 Å². The first-order valence-corrected chi connectivity index (χ1v) is 8.61. The molecule has 0 spiro atoms. The zero-order valence-electron chi connectivity index (χ0n) is 13.2. The third-order valence-electron chi connectivity index (χ3n) is 4.14. The second-order valence-electron chi connectivity index (χ2n) is 6.65. The summed E-state index contributed by atoms with van der Waals surface area (Å²) in [5, 5.41) is -1.07. The van der Waals surface area contributed by atoms with Gasteiger partial charge in [-0.25, -0.2) is 0 Å². The lowest BCUT2D eigenvalue weighted by atomic mass is 9.72. The van der Waals surface area contributed by atoms with Gasteiger partial charge in [0.25, 0.3) is 10.1 Å². The molecule has 0 fully saturated rings. The van der Waals surface area contributed by atoms with E-state index in [4.69, 9.17) is 5.73 Å². The molecule has 4 nitrogen and oxygen atoms in total. The maximum absolute atomic E-state index is 11.9. The number of hydrogen-bond acceptors (Lipinski definition) is 3. The molecular formula is C15H27NO3S. The van der Waals surface area contributed by atoms with Gasteiger partial charge in [-0.3, -0.25) is 4.55 Å². The molecule has 0 saturated heterocycles. The summed E-state index contributed by atoms with van der Waals surface area (Å²) in [7, 11) is -4.26. The standard InChI is InChI=1S/C15H27NO3S/c1-9(2)12-7-13(10(3)4)14(20(17,18)19)15(16,8-12)11(5)6/h7-11,14H,16H2,1-6H3,(H,17,18,19). The first-order chi connectivity index (χ1) is 8.91. The minimum Gasteiger partial charge on any atom is -0.320 e. The van der Waals surface area contributed by atoms with Gasteiger partial charge >= 0.3 is 0 Å². The van der Waals surface area contributed by atoms with Gasteiger partial charge in [0.15, 0.2) is 0 Å². The van der Waals surface area contributed by atoms with E-state index in [2.05, 4.69) is 13.8 Å². The molecule has 0 radical (unpaired) electrons. The van der Waals surface area contributed by atoms with Crippen LogP contribution in [0.2, 0.25) is 0 Å². The molecule has 3 N–H and O–H groups in total. The zero-order valence-corrected chi connectivity index (χ0v) is 14.0. The van der Waals surface area contributed by atoms with Crippen molar-refractivity contribution >= 4 is 10.1 Å². The summed E-state index contributed by atoms with van der Waals surface area (Å²) in [5.74, 6) is 0.157. The number of allylic oxidation sites excluding steroid dienone is 2. The van der Waals surface area contributed by atoms with Crippen LogP contribution in [0.3, 0.4) is 0 Å². The highest BCUT2D eigenvalue weighted by atomic mass is 32.2. The van der Waals surface area contributed by atoms with Crippen LogP contribution in [0, 0.1) is 17.8 Å². The fraction of sp³-hybridized carbons (Fsp3) is 0.733. The molecule has 0 heterocycles. The quantitative estimate of drug-likeness (QED) is 0.782. The first kappa shape index (κ1) is 17.4. The molecule has 0 aromatic rings. The Morgan fingerprint density at radius 2 is 1.65 bits per heavy atom. The van der Waals surface area contributed by atoms with Gasteiger partial charge in [-0.2, -0.15) is 8.42 Å². The van der Waals surface area contributed by atoms with Crippen molar-refractivity contribution in [2.45, 2.75) is 52.3 Å². The molecule has 5 heteroatoms. The third-order valence-corrected chi connectivity index (χ3v) is 5.41. The lowest BCUT2D eigenvalue weighted by molar-refractivity contribution is 0.344. The van der Waals surface area contributed by atoms with Crippen molar-refractivity contribution in [3.05, 3.63) is 23.3 Å². The average molecular weight is 301 g/mol. The van der Waals surface area contributed by atoms with Crippen molar-refractivity contribution in [1.82, 2.24) is 0 Å². The number of rotatable bonds is 4. The smallest absolute Gasteiger partial charge is 0.273 e. The van der Waals surface area contributed by atoms with Crippen molar-refractivity contribution < 1.29 is 13.0 Å². The van der Waals surface area contributed by atoms with Gasteiger partial charge in [-0.05, 0) is 28.9 Å². The Morgan fingerprint density at radius 3 is 1.95 bits per heavy atom. The van der Waals surface area contributed by atoms with Crippen LogP contribution in [0.1, 0.15) is 41.5 Å². The van der Waals surface area contributed by atoms with E-state index in [1.54, 1.807) is 0 Å². The van der Waals surface area contributed by atoms with Gasteiger partial charge in [0, 0.05) is 0 Å². The highest BCUT2D eigenvalue weighted by Crippen LogP contribution is 2.39. The molecule has 1 aliphatic rings. The summed E-state index contributed by atoms with van der Waals surface area (Å²) in [6.45, 7) is 11.7. The fourth-order valence-electron chi connectivity index (χ4n) is 2.66. The van der Waals surface area contributed by atoms with E-state index in [-0.39, 0.29) is 17.8 Å². The SMILES string of the molecule is CC(C)C1=CC(N)(C(C)C)C(S(=O)(=O)O)C(C(C)C)=C1. The largest absolute Gasteiger partial charge is 0.320 e. The van der Waals surface area contributed by atoms with Gasteiger partial charge in [-0.1, -0.05) is 53.7 Å². The van der Waals surface area contributed by atoms with Gasteiger partial charge < -0.3 is 5.73 Å². The Morgan fingerprint density at radius 1 is 1.15 bits per heavy atom. The van der Waals surface area contributed by atoms with Gasteiger partial charge in [0.1, 0.15) is 5.25 Å². The molecular weight excluding hydrogens is 274 g/mol. The Hall–Kier alpha value is -0.650. The van der Waals surface area contributed by atoms with Gasteiger partial charge in [-0.15, -0.1) is 0 Å². The van der Waals surface area contributed by atoms with Crippen LogP contribution < -0.4 is 5.73 Å². The molecule has 0 aliphatic heterocycles. The summed E-state index contributed by atoms with van der Waals surface area (Å²) in [6, 6.07) is 0. The summed E-state index contributed by atoms with van der Waals surface area (Å²) in [4.78, 5) is 0. The van der Waals surface area contributed by atoms with Crippen LogP contribution in [0.25, 0.3) is 0 Å². The molecule has 1 aliphatic carbocycles. The van der Waals surface area contributed by atoms with Crippen LogP contribution in [-0.4, -0.2) is 23.8 Å². The highest BCUT2D eigenvalue weighted by Gasteiger charge is 2.48. The van der Waals surface area contributed by atoms with Gasteiger partial charge in [0.05, 0.1) is 5.54 Å². The second kappa shape index (κ2) is 5.62. The van der Waals surface area contributed by atoms with Gasteiger partial charge in [0.2, 0.25) is 0 Å². The molecule has 20 heavy (non-hydrogen) atoms. The molecule has 0 bridgehead atoms. The van der Waals surface area contributed by atoms with E-state index in [9.17, 15) is 13.0 Å². The summed E-state index contributed by atoms with van der Waals surface area (Å²) in [5.41, 5.74) is 7.07. The van der Waals surface area contributed by atoms with Crippen molar-refractivity contribution in [1.29, 1.82) is 0 Å². The lowest BCUT2D eigenvalue weighted by Crippen LogP contribution is -2.59. The maximum Gasteiger partial charge on any atom is 0.273 e. The van der Waals surface area contributed by atoms with E-state index in [0.717, 1.165) is 5.57 Å². The molecule has 1 rings (SSSR count). The minimum absolute atomic E-state index is 0.00560. The summed E-state index contributed by atoms with van der Waals surface area (Å²) in [6.07, 6.45) is 3.72. The Balaban J connectivity index is 3.59. The maximum atomic E-state index is 11.9. The average Bonchev–Trinajstić information content (AvgIpc) is 2.25. The van der Waals surface area contributed by atoms with E-state index >= 15 is 0 Å². The molecule has 0 aromatic heterocycles. The summed E-state index contributed by atoms with van der Waals surface area (Å²) >= 11 is 0. The van der Waals surface area contributed by atoms with E-state index in [1.165, 1.54) is 0 Å². The van der Waals surface area contributed by atoms with E-state index in [1.807, 2.05) is 39.8 Å². The van der Waals surface area contributed by atoms with Crippen LogP contribution >= 0.6 is 0 Å². The minimum atomic E-state index is -4.26. The van der Waals surface area contributed by atoms with Crippen LogP contribution in [0.4, 0.5) is 0 Å². The second-order valence-corrected chi connectivity index (χ2v) is 8.15. The summed E-state index contributed by atoms with van der Waals surface area (Å²) < 4.78 is 33.5. The van der Waals surface area contributed by atoms with E-state index in [0.29, 0.717) is 5.57 Å². The molecule has 0 amide bonds. The lowest BCUT2D eigenvalue weighted by Gasteiger charge is -2.42. The predicted octanol–water partition coefficient (Wildman–Crippen LogP) is 2.77. The molecule has 116 valence electrons. The van der Waals surface area contributed by atoms with Crippen molar-refractivity contribution in [2.24, 2.45) is 23.5 Å². The zero-order chi connectivity index (χ0) is 15.9. The van der Waals surface area contributed by atoms with Crippen LogP contribution in [0.15, 0.2) is 23.3 Å². The first-order valence-electron chi connectivity index (χ1n) is 7.10. The fourth-order valence-corrected chi connectivity index (χ4v) is 4.21. The van der Waals surface area contributed by atoms with Crippen molar-refractivity contribution in [3.63, 3.8) is 0 Å². The normalized spacial score (nSPS) is 28.1. The Labute approximate surface area is 122 Å². The molecule has 2 atom stereocenters. The predicted molar refractivity (Wildman–Crippen MR) is 82.9 cm³/mol. The molecule has 2 unspecified atom stereocenters. The van der Waals surface area contributed by atoms with Crippen molar-refractivity contribution in [2.75, 3.05) is 0 Å². The van der Waals surface area contributed by atoms with Crippen LogP contribution in [-0.2, 0) is 10.1 Å². The number of nitrogens with two attached hydrogens (primary N) is 1. The monoisotopic (exact) mass is 301 g/mol. The molecule has 0 aromatic carbocycles. The Bertz CT molecular complexity index is 529. The van der Waals surface area contributed by atoms with Crippen LogP contribution in [0.5, 0.6) is 0 Å². The van der Waals surface area contributed by atoms with E-state index < -0.39 is 20.9 Å². The Kier molecular flexibility index (Phi) is 4.89. The van der Waals surface area contributed by atoms with Crippen molar-refractivity contribution in [3.8, 4) is 0 Å². The number of hydrogen-bond donors (Lipinski definition) is 2. The third kappa shape index (κ3) is 3.15. The highest BCUT2D eigenvalue weighted by molar-refractivity contribution is 7.86. The molecule has 0 saturated carbocycles.